The summed E-state index contributed by atoms with van der Waals surface area (Å²) in [6.07, 6.45) is 0. The topological polar surface area (TPSA) is 57.7 Å². The molecule has 0 bridgehead atoms. The van der Waals surface area contributed by atoms with E-state index in [9.17, 15) is 13.2 Å². The minimum atomic E-state index is -3.77. The Morgan fingerprint density at radius 1 is 1.29 bits per heavy atom. The molecule has 2 rings (SSSR count). The van der Waals surface area contributed by atoms with Gasteiger partial charge in [0.05, 0.1) is 4.90 Å². The lowest BCUT2D eigenvalue weighted by Crippen LogP contribution is -2.29. The summed E-state index contributed by atoms with van der Waals surface area (Å²) in [7, 11) is 3.19. The predicted octanol–water partition coefficient (Wildman–Crippen LogP) is 1.49. The maximum Gasteiger partial charge on any atom is 0.324 e. The maximum absolute atomic E-state index is 11.7. The van der Waals surface area contributed by atoms with E-state index in [4.69, 9.17) is 10.7 Å². The van der Waals surface area contributed by atoms with Crippen molar-refractivity contribution in [2.75, 3.05) is 25.0 Å². The van der Waals surface area contributed by atoms with E-state index >= 15 is 0 Å². The predicted molar refractivity (Wildman–Crippen MR) is 64.9 cm³/mol. The molecule has 0 radical (unpaired) electrons. The van der Waals surface area contributed by atoms with E-state index < -0.39 is 9.05 Å². The van der Waals surface area contributed by atoms with Gasteiger partial charge in [0.15, 0.2) is 0 Å². The number of halogens is 1. The number of rotatable bonds is 2. The summed E-state index contributed by atoms with van der Waals surface area (Å²) in [5.41, 5.74) is 0.543. The Hall–Kier alpha value is -1.27. The van der Waals surface area contributed by atoms with Crippen LogP contribution in [0.15, 0.2) is 29.2 Å². The quantitative estimate of drug-likeness (QED) is 0.768. The van der Waals surface area contributed by atoms with Crippen LogP contribution in [-0.4, -0.2) is 39.5 Å². The molecule has 1 heterocycles. The molecule has 0 aliphatic carbocycles. The third kappa shape index (κ3) is 2.37. The number of amides is 2. The normalized spacial score (nSPS) is 16.7. The van der Waals surface area contributed by atoms with Crippen LogP contribution in [0.5, 0.6) is 0 Å². The molecule has 0 spiro atoms. The van der Waals surface area contributed by atoms with Gasteiger partial charge in [0.25, 0.3) is 9.05 Å². The van der Waals surface area contributed by atoms with Gasteiger partial charge in [-0.25, -0.2) is 13.2 Å². The van der Waals surface area contributed by atoms with E-state index in [1.54, 1.807) is 24.1 Å². The molecule has 1 saturated heterocycles. The van der Waals surface area contributed by atoms with Crippen LogP contribution in [0.3, 0.4) is 0 Å². The molecule has 1 fully saturated rings. The Labute approximate surface area is 104 Å². The molecular formula is C10H11ClN2O3S. The minimum absolute atomic E-state index is 0.000908. The molecule has 0 aromatic heterocycles. The summed E-state index contributed by atoms with van der Waals surface area (Å²) in [5, 5.41) is 0. The lowest BCUT2D eigenvalue weighted by molar-refractivity contribution is 0.229. The molecule has 1 aliphatic heterocycles. The molecule has 0 atom stereocenters. The van der Waals surface area contributed by atoms with E-state index in [1.165, 1.54) is 17.0 Å². The average Bonchev–Trinajstić information content (AvgIpc) is 2.59. The van der Waals surface area contributed by atoms with Crippen LogP contribution in [-0.2, 0) is 9.05 Å². The van der Waals surface area contributed by atoms with Gasteiger partial charge in [0, 0.05) is 36.5 Å². The van der Waals surface area contributed by atoms with Gasteiger partial charge in [0.2, 0.25) is 0 Å². The summed E-state index contributed by atoms with van der Waals surface area (Å²) in [6, 6.07) is 5.91. The average molecular weight is 275 g/mol. The van der Waals surface area contributed by atoms with Crippen molar-refractivity contribution < 1.29 is 13.2 Å². The van der Waals surface area contributed by atoms with Gasteiger partial charge < -0.3 is 4.90 Å². The molecule has 0 N–H and O–H groups in total. The molecule has 2 amide bonds. The highest BCUT2D eigenvalue weighted by Crippen LogP contribution is 2.24. The summed E-state index contributed by atoms with van der Waals surface area (Å²) < 4.78 is 22.4. The second-order valence-corrected chi connectivity index (χ2v) is 6.36. The Kier molecular flexibility index (Phi) is 3.01. The van der Waals surface area contributed by atoms with Crippen molar-refractivity contribution in [1.29, 1.82) is 0 Å². The van der Waals surface area contributed by atoms with E-state index in [2.05, 4.69) is 0 Å². The molecule has 5 nitrogen and oxygen atoms in total. The number of nitrogens with zero attached hydrogens (tertiary/aromatic N) is 2. The molecule has 1 aromatic carbocycles. The first-order chi connectivity index (χ1) is 7.89. The number of hydrogen-bond acceptors (Lipinski definition) is 3. The van der Waals surface area contributed by atoms with E-state index in [0.29, 0.717) is 18.8 Å². The van der Waals surface area contributed by atoms with Gasteiger partial charge >= 0.3 is 6.03 Å². The first kappa shape index (κ1) is 12.2. The van der Waals surface area contributed by atoms with Gasteiger partial charge in [-0.3, -0.25) is 4.90 Å². The van der Waals surface area contributed by atoms with Crippen LogP contribution in [0.2, 0.25) is 0 Å². The van der Waals surface area contributed by atoms with Crippen molar-refractivity contribution in [1.82, 2.24) is 4.90 Å². The maximum atomic E-state index is 11.7. The van der Waals surface area contributed by atoms with Crippen LogP contribution in [0.1, 0.15) is 0 Å². The van der Waals surface area contributed by atoms with Gasteiger partial charge in [-0.15, -0.1) is 0 Å². The number of likely N-dealkylation sites (N-methyl/N-ethyl adjacent to an activating group) is 1. The summed E-state index contributed by atoms with van der Waals surface area (Å²) >= 11 is 0. The summed E-state index contributed by atoms with van der Waals surface area (Å²) in [6.45, 7) is 1.16. The van der Waals surface area contributed by atoms with Gasteiger partial charge in [-0.05, 0) is 18.2 Å². The number of anilines is 1. The third-order valence-corrected chi connectivity index (χ3v) is 3.98. The first-order valence-electron chi connectivity index (χ1n) is 4.97. The van der Waals surface area contributed by atoms with Crippen molar-refractivity contribution in [3.05, 3.63) is 24.3 Å². The Balaban J connectivity index is 2.38. The van der Waals surface area contributed by atoms with Crippen LogP contribution < -0.4 is 4.90 Å². The Morgan fingerprint density at radius 3 is 2.53 bits per heavy atom. The van der Waals surface area contributed by atoms with Crippen LogP contribution in [0.25, 0.3) is 0 Å². The molecule has 92 valence electrons. The number of carbonyl (C=O) groups excluding carboxylic acids is 1. The zero-order chi connectivity index (χ0) is 12.6. The lowest BCUT2D eigenvalue weighted by Gasteiger charge is -2.16. The summed E-state index contributed by atoms with van der Waals surface area (Å²) in [4.78, 5) is 14.8. The van der Waals surface area contributed by atoms with E-state index in [-0.39, 0.29) is 10.9 Å². The molecule has 0 unspecified atom stereocenters. The zero-order valence-electron chi connectivity index (χ0n) is 9.13. The first-order valence-corrected chi connectivity index (χ1v) is 7.28. The molecular weight excluding hydrogens is 264 g/mol. The second kappa shape index (κ2) is 4.19. The largest absolute Gasteiger partial charge is 0.326 e. The van der Waals surface area contributed by atoms with Crippen molar-refractivity contribution in [2.24, 2.45) is 0 Å². The van der Waals surface area contributed by atoms with Crippen molar-refractivity contribution >= 4 is 31.5 Å². The van der Waals surface area contributed by atoms with Crippen molar-refractivity contribution in [2.45, 2.75) is 4.90 Å². The monoisotopic (exact) mass is 274 g/mol. The highest BCUT2D eigenvalue weighted by molar-refractivity contribution is 8.13. The fraction of sp³-hybridized carbons (Fsp3) is 0.300. The van der Waals surface area contributed by atoms with Gasteiger partial charge in [-0.2, -0.15) is 0 Å². The highest BCUT2D eigenvalue weighted by Gasteiger charge is 2.27. The third-order valence-electron chi connectivity index (χ3n) is 2.63. The van der Waals surface area contributed by atoms with Gasteiger partial charge in [-0.1, -0.05) is 6.07 Å². The van der Waals surface area contributed by atoms with Crippen molar-refractivity contribution in [3.63, 3.8) is 0 Å². The number of carbonyl (C=O) groups is 1. The molecule has 7 heteroatoms. The van der Waals surface area contributed by atoms with E-state index in [0.717, 1.165) is 0 Å². The second-order valence-electron chi connectivity index (χ2n) is 3.79. The lowest BCUT2D eigenvalue weighted by atomic mass is 10.3. The van der Waals surface area contributed by atoms with Gasteiger partial charge in [0.1, 0.15) is 0 Å². The minimum Gasteiger partial charge on any atom is -0.326 e. The zero-order valence-corrected chi connectivity index (χ0v) is 10.7. The van der Waals surface area contributed by atoms with Crippen LogP contribution in [0.4, 0.5) is 10.5 Å². The van der Waals surface area contributed by atoms with Crippen LogP contribution in [0, 0.1) is 0 Å². The molecule has 1 aliphatic rings. The standard InChI is InChI=1S/C10H11ClN2O3S/c1-12-5-6-13(10(12)14)8-3-2-4-9(7-8)17(11,15)16/h2-4,7H,5-6H2,1H3. The fourth-order valence-corrected chi connectivity index (χ4v) is 2.48. The number of benzene rings is 1. The van der Waals surface area contributed by atoms with E-state index in [1.807, 2.05) is 0 Å². The fourth-order valence-electron chi connectivity index (χ4n) is 1.69. The summed E-state index contributed by atoms with van der Waals surface area (Å²) in [5.74, 6) is 0. The Bertz CT molecular complexity index is 558. The number of urea groups is 1. The number of hydrogen-bond donors (Lipinski definition) is 0. The van der Waals surface area contributed by atoms with Crippen molar-refractivity contribution in [3.8, 4) is 0 Å². The smallest absolute Gasteiger partial charge is 0.324 e. The van der Waals surface area contributed by atoms with Crippen LogP contribution >= 0.6 is 10.7 Å². The molecule has 1 aromatic rings. The Morgan fingerprint density at radius 2 is 2.00 bits per heavy atom. The SMILES string of the molecule is CN1CCN(c2cccc(S(=O)(=O)Cl)c2)C1=O. The molecule has 0 saturated carbocycles. The molecule has 17 heavy (non-hydrogen) atoms. The highest BCUT2D eigenvalue weighted by atomic mass is 35.7.